The number of piperidine rings is 1. The molecule has 1 atom stereocenters. The van der Waals surface area contributed by atoms with Gasteiger partial charge in [-0.25, -0.2) is 0 Å². The third-order valence-electron chi connectivity index (χ3n) is 4.74. The Balaban J connectivity index is 1.43. The van der Waals surface area contributed by atoms with Crippen molar-refractivity contribution in [3.8, 4) is 11.4 Å². The molecule has 0 bridgehead atoms. The lowest BCUT2D eigenvalue weighted by Crippen LogP contribution is -2.46. The predicted octanol–water partition coefficient (Wildman–Crippen LogP) is 1.60. The van der Waals surface area contributed by atoms with E-state index in [0.717, 1.165) is 31.4 Å². The topological polar surface area (TPSA) is 91.0 Å². The van der Waals surface area contributed by atoms with Gasteiger partial charge in [0, 0.05) is 25.3 Å². The van der Waals surface area contributed by atoms with Crippen LogP contribution in [0.4, 0.5) is 0 Å². The number of amides is 2. The lowest BCUT2D eigenvalue weighted by atomic mass is 9.97. The fourth-order valence-electron chi connectivity index (χ4n) is 3.17. The summed E-state index contributed by atoms with van der Waals surface area (Å²) >= 11 is 0. The summed E-state index contributed by atoms with van der Waals surface area (Å²) in [7, 11) is 0. The molecule has 4 rings (SSSR count). The van der Waals surface area contributed by atoms with Crippen LogP contribution in [0.1, 0.15) is 36.2 Å². The smallest absolute Gasteiger partial charge is 0.271 e. The van der Waals surface area contributed by atoms with Crippen LogP contribution in [0.3, 0.4) is 0 Å². The molecule has 2 amide bonds. The van der Waals surface area contributed by atoms with Gasteiger partial charge in [0.15, 0.2) is 0 Å². The fourth-order valence-corrected chi connectivity index (χ4v) is 3.17. The normalized spacial score (nSPS) is 20.3. The van der Waals surface area contributed by atoms with Crippen molar-refractivity contribution in [3.05, 3.63) is 36.2 Å². The van der Waals surface area contributed by atoms with E-state index < -0.39 is 0 Å². The minimum atomic E-state index is -0.114. The minimum Gasteiger partial charge on any atom is -0.353 e. The molecule has 1 aliphatic heterocycles. The maximum Gasteiger partial charge on any atom is 0.271 e. The molecule has 2 aromatic heterocycles. The third kappa shape index (κ3) is 3.55. The predicted molar refractivity (Wildman–Crippen MR) is 91.6 cm³/mol. The second-order valence-electron chi connectivity index (χ2n) is 6.76. The number of pyridine rings is 1. The lowest BCUT2D eigenvalue weighted by molar-refractivity contribution is -0.126. The van der Waals surface area contributed by atoms with Crippen LogP contribution in [0.2, 0.25) is 0 Å². The summed E-state index contributed by atoms with van der Waals surface area (Å²) in [6.07, 6.45) is 5.52. The molecular formula is C18H21N5O2. The molecule has 0 aromatic carbocycles. The van der Waals surface area contributed by atoms with Gasteiger partial charge in [0.25, 0.3) is 5.91 Å². The van der Waals surface area contributed by atoms with Gasteiger partial charge in [-0.15, -0.1) is 0 Å². The lowest BCUT2D eigenvalue weighted by Gasteiger charge is -2.31. The van der Waals surface area contributed by atoms with Crippen molar-refractivity contribution in [1.29, 1.82) is 0 Å². The van der Waals surface area contributed by atoms with Gasteiger partial charge >= 0.3 is 0 Å². The van der Waals surface area contributed by atoms with Gasteiger partial charge in [0.05, 0.1) is 11.6 Å². The Morgan fingerprint density at radius 2 is 2.08 bits per heavy atom. The molecule has 1 saturated heterocycles. The highest BCUT2D eigenvalue weighted by atomic mass is 16.2. The van der Waals surface area contributed by atoms with Gasteiger partial charge in [-0.1, -0.05) is 6.07 Å². The quantitative estimate of drug-likeness (QED) is 0.885. The number of aromatic amines is 1. The van der Waals surface area contributed by atoms with Crippen LogP contribution in [0.5, 0.6) is 0 Å². The monoisotopic (exact) mass is 339 g/mol. The van der Waals surface area contributed by atoms with Gasteiger partial charge in [-0.05, 0) is 43.9 Å². The number of rotatable bonds is 4. The molecule has 7 nitrogen and oxygen atoms in total. The summed E-state index contributed by atoms with van der Waals surface area (Å²) in [4.78, 5) is 31.0. The summed E-state index contributed by atoms with van der Waals surface area (Å²) in [6, 6.07) is 7.64. The highest BCUT2D eigenvalue weighted by molar-refractivity contribution is 5.93. The van der Waals surface area contributed by atoms with Crippen LogP contribution in [0.15, 0.2) is 30.5 Å². The van der Waals surface area contributed by atoms with E-state index in [1.807, 2.05) is 18.2 Å². The van der Waals surface area contributed by atoms with E-state index in [0.29, 0.717) is 30.5 Å². The van der Waals surface area contributed by atoms with Crippen molar-refractivity contribution in [3.63, 3.8) is 0 Å². The van der Waals surface area contributed by atoms with Crippen LogP contribution in [0, 0.1) is 5.92 Å². The molecule has 2 aromatic rings. The first-order valence-electron chi connectivity index (χ1n) is 8.77. The first-order chi connectivity index (χ1) is 12.2. The zero-order valence-electron chi connectivity index (χ0n) is 13.9. The van der Waals surface area contributed by atoms with Crippen LogP contribution in [-0.2, 0) is 4.79 Å². The van der Waals surface area contributed by atoms with Gasteiger partial charge in [0.2, 0.25) is 5.91 Å². The molecule has 7 heteroatoms. The summed E-state index contributed by atoms with van der Waals surface area (Å²) in [5.41, 5.74) is 1.80. The van der Waals surface area contributed by atoms with E-state index >= 15 is 0 Å². The number of hydrogen-bond acceptors (Lipinski definition) is 4. The molecule has 25 heavy (non-hydrogen) atoms. The molecule has 0 spiro atoms. The zero-order valence-corrected chi connectivity index (χ0v) is 13.9. The van der Waals surface area contributed by atoms with E-state index in [2.05, 4.69) is 20.5 Å². The highest BCUT2D eigenvalue weighted by Gasteiger charge is 2.32. The first-order valence-corrected chi connectivity index (χ1v) is 8.77. The average Bonchev–Trinajstić information content (AvgIpc) is 3.34. The Bertz CT molecular complexity index is 769. The molecular weight excluding hydrogens is 318 g/mol. The number of carbonyl (C=O) groups excluding carboxylic acids is 2. The van der Waals surface area contributed by atoms with Crippen molar-refractivity contribution >= 4 is 11.8 Å². The molecule has 2 aliphatic rings. The molecule has 3 heterocycles. The average molecular weight is 339 g/mol. The van der Waals surface area contributed by atoms with Crippen LogP contribution >= 0.6 is 0 Å². The Labute approximate surface area is 145 Å². The molecule has 2 fully saturated rings. The Kier molecular flexibility index (Phi) is 4.21. The van der Waals surface area contributed by atoms with Crippen molar-refractivity contribution in [2.45, 2.75) is 31.7 Å². The van der Waals surface area contributed by atoms with E-state index in [4.69, 9.17) is 0 Å². The van der Waals surface area contributed by atoms with Crippen molar-refractivity contribution in [2.24, 2.45) is 5.92 Å². The number of nitrogens with one attached hydrogen (secondary N) is 2. The number of likely N-dealkylation sites (tertiary alicyclic amines) is 1. The van der Waals surface area contributed by atoms with Gasteiger partial charge in [-0.2, -0.15) is 5.10 Å². The maximum absolute atomic E-state index is 12.7. The largest absolute Gasteiger partial charge is 0.353 e. The Hall–Kier alpha value is -2.70. The Morgan fingerprint density at radius 3 is 2.84 bits per heavy atom. The summed E-state index contributed by atoms with van der Waals surface area (Å²) in [6.45, 7) is 1.14. The summed E-state index contributed by atoms with van der Waals surface area (Å²) < 4.78 is 0. The standard InChI is InChI=1S/C18H21N5O2/c24-17(20-13-6-7-13)12-4-3-9-23(11-12)18(25)16-10-15(21-22-16)14-5-1-2-8-19-14/h1-2,5,8,10,12-13H,3-4,6-7,9,11H2,(H,20,24)(H,21,22). The summed E-state index contributed by atoms with van der Waals surface area (Å²) in [5.74, 6) is -0.145. The SMILES string of the molecule is O=C(NC1CC1)C1CCCN(C(=O)c2cc(-c3ccccn3)n[nH]2)C1. The van der Waals surface area contributed by atoms with Crippen molar-refractivity contribution < 1.29 is 9.59 Å². The number of H-pyrrole nitrogens is 1. The van der Waals surface area contributed by atoms with Crippen LogP contribution < -0.4 is 5.32 Å². The first kappa shape index (κ1) is 15.8. The van der Waals surface area contributed by atoms with E-state index in [-0.39, 0.29) is 17.7 Å². The second kappa shape index (κ2) is 6.66. The third-order valence-corrected chi connectivity index (χ3v) is 4.74. The number of aromatic nitrogens is 3. The number of carbonyl (C=O) groups is 2. The van der Waals surface area contributed by atoms with E-state index in [1.54, 1.807) is 17.2 Å². The summed E-state index contributed by atoms with van der Waals surface area (Å²) in [5, 5.41) is 10.0. The number of nitrogens with zero attached hydrogens (tertiary/aromatic N) is 3. The van der Waals surface area contributed by atoms with Gasteiger partial charge in [-0.3, -0.25) is 19.7 Å². The Morgan fingerprint density at radius 1 is 1.20 bits per heavy atom. The van der Waals surface area contributed by atoms with E-state index in [9.17, 15) is 9.59 Å². The maximum atomic E-state index is 12.7. The highest BCUT2D eigenvalue weighted by Crippen LogP contribution is 2.23. The molecule has 2 N–H and O–H groups in total. The fraction of sp³-hybridized carbons (Fsp3) is 0.444. The zero-order chi connectivity index (χ0) is 17.2. The number of hydrogen-bond donors (Lipinski definition) is 2. The molecule has 1 aliphatic carbocycles. The molecule has 1 unspecified atom stereocenters. The van der Waals surface area contributed by atoms with Gasteiger partial charge in [0.1, 0.15) is 11.4 Å². The molecule has 1 saturated carbocycles. The molecule has 130 valence electrons. The van der Waals surface area contributed by atoms with Crippen molar-refractivity contribution in [1.82, 2.24) is 25.4 Å². The second-order valence-corrected chi connectivity index (χ2v) is 6.76. The van der Waals surface area contributed by atoms with Crippen LogP contribution in [0.25, 0.3) is 11.4 Å². The van der Waals surface area contributed by atoms with Gasteiger partial charge < -0.3 is 10.2 Å². The van der Waals surface area contributed by atoms with Crippen molar-refractivity contribution in [2.75, 3.05) is 13.1 Å². The van der Waals surface area contributed by atoms with Crippen LogP contribution in [-0.4, -0.2) is 51.0 Å². The van der Waals surface area contributed by atoms with E-state index in [1.165, 1.54) is 0 Å². The molecule has 0 radical (unpaired) electrons. The minimum absolute atomic E-state index is 0.0822.